The van der Waals surface area contributed by atoms with Gasteiger partial charge < -0.3 is 10.2 Å². The zero-order valence-electron chi connectivity index (χ0n) is 12.2. The van der Waals surface area contributed by atoms with E-state index >= 15 is 0 Å². The third-order valence-corrected chi connectivity index (χ3v) is 6.93. The van der Waals surface area contributed by atoms with Crippen molar-refractivity contribution in [2.45, 2.75) is 25.7 Å². The van der Waals surface area contributed by atoms with Crippen molar-refractivity contribution in [2.75, 3.05) is 45.0 Å². The van der Waals surface area contributed by atoms with Gasteiger partial charge in [-0.1, -0.05) is 0 Å². The molecule has 21 heavy (non-hydrogen) atoms. The molecule has 0 saturated carbocycles. The molecule has 0 radical (unpaired) electrons. The van der Waals surface area contributed by atoms with Crippen molar-refractivity contribution in [1.29, 1.82) is 0 Å². The summed E-state index contributed by atoms with van der Waals surface area (Å²) in [6, 6.07) is 0. The SMILES string of the molecule is Cl.O=C(CN1CCCS1(=O)=O)N1CCC2(CCNC2)CC1. The van der Waals surface area contributed by atoms with E-state index in [1.807, 2.05) is 4.90 Å². The van der Waals surface area contributed by atoms with Crippen LogP contribution in [0.2, 0.25) is 0 Å². The fourth-order valence-electron chi connectivity index (χ4n) is 3.57. The number of piperidine rings is 1. The Morgan fingerprint density at radius 2 is 1.86 bits per heavy atom. The van der Waals surface area contributed by atoms with E-state index in [0.717, 1.165) is 39.0 Å². The van der Waals surface area contributed by atoms with Crippen LogP contribution in [0.1, 0.15) is 25.7 Å². The van der Waals surface area contributed by atoms with E-state index in [0.29, 0.717) is 18.4 Å². The van der Waals surface area contributed by atoms with Crippen LogP contribution in [-0.4, -0.2) is 68.6 Å². The Hall–Kier alpha value is -0.370. The van der Waals surface area contributed by atoms with Gasteiger partial charge in [-0.2, -0.15) is 4.31 Å². The van der Waals surface area contributed by atoms with Crippen LogP contribution in [0, 0.1) is 5.41 Å². The summed E-state index contributed by atoms with van der Waals surface area (Å²) in [5, 5.41) is 3.41. The van der Waals surface area contributed by atoms with Gasteiger partial charge in [-0.15, -0.1) is 12.4 Å². The van der Waals surface area contributed by atoms with Crippen molar-refractivity contribution in [2.24, 2.45) is 5.41 Å². The maximum atomic E-state index is 12.2. The molecule has 3 heterocycles. The van der Waals surface area contributed by atoms with E-state index in [9.17, 15) is 13.2 Å². The summed E-state index contributed by atoms with van der Waals surface area (Å²) < 4.78 is 24.8. The van der Waals surface area contributed by atoms with Gasteiger partial charge in [0.1, 0.15) is 0 Å². The highest BCUT2D eigenvalue weighted by molar-refractivity contribution is 7.89. The highest BCUT2D eigenvalue weighted by atomic mass is 35.5. The van der Waals surface area contributed by atoms with Crippen LogP contribution < -0.4 is 5.32 Å². The van der Waals surface area contributed by atoms with Crippen molar-refractivity contribution >= 4 is 28.3 Å². The topological polar surface area (TPSA) is 69.7 Å². The summed E-state index contributed by atoms with van der Waals surface area (Å²) in [5.74, 6) is 0.158. The van der Waals surface area contributed by atoms with Crippen LogP contribution in [0.4, 0.5) is 0 Å². The van der Waals surface area contributed by atoms with Gasteiger partial charge in [-0.05, 0) is 37.6 Å². The second-order valence-electron chi connectivity index (χ2n) is 6.31. The summed E-state index contributed by atoms with van der Waals surface area (Å²) in [4.78, 5) is 14.1. The lowest BCUT2D eigenvalue weighted by atomic mass is 9.78. The van der Waals surface area contributed by atoms with Crippen LogP contribution in [0.5, 0.6) is 0 Å². The molecule has 8 heteroatoms. The Morgan fingerprint density at radius 1 is 1.14 bits per heavy atom. The van der Waals surface area contributed by atoms with Gasteiger partial charge in [0.25, 0.3) is 0 Å². The van der Waals surface area contributed by atoms with E-state index in [4.69, 9.17) is 0 Å². The Balaban J connectivity index is 0.00000161. The standard InChI is InChI=1S/C13H23N3O3S.ClH/c17-12(10-16-6-1-9-20(16,18)19)15-7-3-13(4-8-15)2-5-14-11-13;/h14H,1-11H2;1H. The molecule has 3 rings (SSSR count). The molecule has 0 aromatic heterocycles. The zero-order valence-corrected chi connectivity index (χ0v) is 13.8. The molecule has 1 N–H and O–H groups in total. The molecule has 3 aliphatic heterocycles. The summed E-state index contributed by atoms with van der Waals surface area (Å²) in [6.07, 6.45) is 3.93. The molecular formula is C13H24ClN3O3S. The van der Waals surface area contributed by atoms with Crippen molar-refractivity contribution in [1.82, 2.24) is 14.5 Å². The number of nitrogens with one attached hydrogen (secondary N) is 1. The number of amides is 1. The molecule has 0 bridgehead atoms. The predicted molar refractivity (Wildman–Crippen MR) is 83.0 cm³/mol. The molecule has 0 aliphatic carbocycles. The third-order valence-electron chi connectivity index (χ3n) is 5.02. The Bertz CT molecular complexity index is 481. The normalized spacial score (nSPS) is 27.7. The number of carbonyl (C=O) groups excluding carboxylic acids is 1. The maximum Gasteiger partial charge on any atom is 0.237 e. The monoisotopic (exact) mass is 337 g/mol. The maximum absolute atomic E-state index is 12.2. The van der Waals surface area contributed by atoms with Gasteiger partial charge in [-0.3, -0.25) is 4.79 Å². The first-order valence-electron chi connectivity index (χ1n) is 7.47. The predicted octanol–water partition coefficient (Wildman–Crippen LogP) is 0.0458. The van der Waals surface area contributed by atoms with Crippen LogP contribution in [0.3, 0.4) is 0 Å². The van der Waals surface area contributed by atoms with E-state index in [1.54, 1.807) is 0 Å². The minimum Gasteiger partial charge on any atom is -0.342 e. The van der Waals surface area contributed by atoms with Crippen molar-refractivity contribution in [3.05, 3.63) is 0 Å². The van der Waals surface area contributed by atoms with E-state index in [2.05, 4.69) is 5.32 Å². The molecule has 1 spiro atoms. The Kier molecular flexibility index (Phi) is 5.18. The van der Waals surface area contributed by atoms with Gasteiger partial charge in [0.2, 0.25) is 15.9 Å². The van der Waals surface area contributed by atoms with Gasteiger partial charge in [0, 0.05) is 26.2 Å². The van der Waals surface area contributed by atoms with Crippen LogP contribution in [0.25, 0.3) is 0 Å². The van der Waals surface area contributed by atoms with Gasteiger partial charge in [-0.25, -0.2) is 8.42 Å². The average Bonchev–Trinajstić information content (AvgIpc) is 2.99. The molecule has 0 unspecified atom stereocenters. The lowest BCUT2D eigenvalue weighted by Gasteiger charge is -2.39. The number of nitrogens with zero attached hydrogens (tertiary/aromatic N) is 2. The third kappa shape index (κ3) is 3.52. The Morgan fingerprint density at radius 3 is 2.38 bits per heavy atom. The molecule has 0 aromatic rings. The van der Waals surface area contributed by atoms with Crippen molar-refractivity contribution < 1.29 is 13.2 Å². The Labute approximate surface area is 132 Å². The number of hydrogen-bond acceptors (Lipinski definition) is 4. The molecule has 3 aliphatic rings. The molecule has 0 atom stereocenters. The highest BCUT2D eigenvalue weighted by Crippen LogP contribution is 2.36. The minimum atomic E-state index is -3.17. The summed E-state index contributed by atoms with van der Waals surface area (Å²) >= 11 is 0. The van der Waals surface area contributed by atoms with Gasteiger partial charge in [0.15, 0.2) is 0 Å². The van der Waals surface area contributed by atoms with Crippen molar-refractivity contribution in [3.63, 3.8) is 0 Å². The van der Waals surface area contributed by atoms with E-state index in [-0.39, 0.29) is 30.6 Å². The van der Waals surface area contributed by atoms with E-state index < -0.39 is 10.0 Å². The second-order valence-corrected chi connectivity index (χ2v) is 8.40. The first kappa shape index (κ1) is 17.0. The second kappa shape index (κ2) is 6.40. The number of rotatable bonds is 2. The number of sulfonamides is 1. The smallest absolute Gasteiger partial charge is 0.237 e. The number of likely N-dealkylation sites (tertiary alicyclic amines) is 1. The number of carbonyl (C=O) groups is 1. The summed E-state index contributed by atoms with van der Waals surface area (Å²) in [6.45, 7) is 4.22. The zero-order chi connectivity index (χ0) is 14.2. The van der Waals surface area contributed by atoms with Crippen LogP contribution in [0.15, 0.2) is 0 Å². The molecule has 122 valence electrons. The lowest BCUT2D eigenvalue weighted by Crippen LogP contribution is -2.47. The number of hydrogen-bond donors (Lipinski definition) is 1. The first-order chi connectivity index (χ1) is 9.51. The lowest BCUT2D eigenvalue weighted by molar-refractivity contribution is -0.133. The minimum absolute atomic E-state index is 0. The molecule has 0 aromatic carbocycles. The molecule has 6 nitrogen and oxygen atoms in total. The van der Waals surface area contributed by atoms with Gasteiger partial charge >= 0.3 is 0 Å². The summed E-state index contributed by atoms with van der Waals surface area (Å²) in [7, 11) is -3.17. The van der Waals surface area contributed by atoms with E-state index in [1.165, 1.54) is 10.7 Å². The van der Waals surface area contributed by atoms with Crippen LogP contribution in [-0.2, 0) is 14.8 Å². The molecule has 3 fully saturated rings. The molecule has 1 amide bonds. The van der Waals surface area contributed by atoms with Crippen molar-refractivity contribution in [3.8, 4) is 0 Å². The molecular weight excluding hydrogens is 314 g/mol. The fraction of sp³-hybridized carbons (Fsp3) is 0.923. The fourth-order valence-corrected chi connectivity index (χ4v) is 5.04. The largest absolute Gasteiger partial charge is 0.342 e. The highest BCUT2D eigenvalue weighted by Gasteiger charge is 2.39. The molecule has 3 saturated heterocycles. The number of halogens is 1. The van der Waals surface area contributed by atoms with Crippen LogP contribution >= 0.6 is 12.4 Å². The quantitative estimate of drug-likeness (QED) is 0.773. The average molecular weight is 338 g/mol. The first-order valence-corrected chi connectivity index (χ1v) is 9.08. The van der Waals surface area contributed by atoms with Gasteiger partial charge in [0.05, 0.1) is 12.3 Å². The summed E-state index contributed by atoms with van der Waals surface area (Å²) in [5.41, 5.74) is 0.385.